The molecule has 1 unspecified atom stereocenters. The molecular formula is C20H23N3O4S. The number of benzene rings is 1. The normalized spacial score (nSPS) is 25.1. The number of fused-ring (bicyclic) bond motifs is 1. The summed E-state index contributed by atoms with van der Waals surface area (Å²) >= 11 is 1.61. The molecule has 0 saturated carbocycles. The van der Waals surface area contributed by atoms with Gasteiger partial charge in [-0.15, -0.1) is 11.8 Å². The molecule has 0 spiro atoms. The van der Waals surface area contributed by atoms with E-state index in [0.717, 1.165) is 16.7 Å². The van der Waals surface area contributed by atoms with Crippen LogP contribution >= 0.6 is 11.8 Å². The van der Waals surface area contributed by atoms with Crippen LogP contribution in [-0.2, 0) is 16.0 Å². The van der Waals surface area contributed by atoms with Crippen molar-refractivity contribution in [2.75, 3.05) is 18.2 Å². The van der Waals surface area contributed by atoms with Gasteiger partial charge < -0.3 is 19.8 Å². The van der Waals surface area contributed by atoms with Gasteiger partial charge in [-0.1, -0.05) is 23.4 Å². The van der Waals surface area contributed by atoms with Crippen LogP contribution in [0.25, 0.3) is 11.0 Å². The first kappa shape index (κ1) is 19.0. The number of furan rings is 1. The molecule has 2 N–H and O–H groups in total. The van der Waals surface area contributed by atoms with E-state index in [1.165, 1.54) is 6.21 Å². The molecular weight excluding hydrogens is 378 g/mol. The van der Waals surface area contributed by atoms with Crippen LogP contribution < -0.4 is 5.32 Å². The van der Waals surface area contributed by atoms with Crippen LogP contribution in [0, 0.1) is 5.92 Å². The minimum Gasteiger partial charge on any atom is -0.461 e. The second-order valence-electron chi connectivity index (χ2n) is 7.18. The lowest BCUT2D eigenvalue weighted by molar-refractivity contribution is -0.136. The minimum absolute atomic E-state index is 0.0861. The molecule has 2 aliphatic heterocycles. The van der Waals surface area contributed by atoms with Gasteiger partial charge >= 0.3 is 0 Å². The van der Waals surface area contributed by atoms with Crippen molar-refractivity contribution in [3.8, 4) is 0 Å². The summed E-state index contributed by atoms with van der Waals surface area (Å²) in [6.07, 6.45) is 2.93. The maximum atomic E-state index is 13.0. The molecule has 1 aromatic heterocycles. The highest BCUT2D eigenvalue weighted by atomic mass is 32.2. The molecule has 2 aliphatic rings. The van der Waals surface area contributed by atoms with Crippen LogP contribution in [0.1, 0.15) is 18.6 Å². The first-order valence-electron chi connectivity index (χ1n) is 9.46. The fourth-order valence-corrected chi connectivity index (χ4v) is 5.09. The quantitative estimate of drug-likeness (QED) is 0.438. The van der Waals surface area contributed by atoms with Crippen molar-refractivity contribution in [1.82, 2.24) is 10.2 Å². The molecule has 148 valence electrons. The van der Waals surface area contributed by atoms with E-state index in [0.29, 0.717) is 37.4 Å². The lowest BCUT2D eigenvalue weighted by atomic mass is 9.91. The van der Waals surface area contributed by atoms with Crippen molar-refractivity contribution in [3.63, 3.8) is 0 Å². The van der Waals surface area contributed by atoms with Crippen molar-refractivity contribution < 1.29 is 19.2 Å². The van der Waals surface area contributed by atoms with Crippen LogP contribution in [0.2, 0.25) is 0 Å². The van der Waals surface area contributed by atoms with Crippen LogP contribution in [0.15, 0.2) is 39.9 Å². The fourth-order valence-electron chi connectivity index (χ4n) is 3.97. The number of hydrogen-bond acceptors (Lipinski definition) is 7. The first-order valence-corrected chi connectivity index (χ1v) is 10.6. The Morgan fingerprint density at radius 3 is 3.07 bits per heavy atom. The lowest BCUT2D eigenvalue weighted by Gasteiger charge is -2.26. The second kappa shape index (κ2) is 8.36. The second-order valence-corrected chi connectivity index (χ2v) is 8.18. The van der Waals surface area contributed by atoms with E-state index in [-0.39, 0.29) is 23.7 Å². The molecule has 4 rings (SSSR count). The third-order valence-corrected chi connectivity index (χ3v) is 6.48. The number of aryl methyl sites for hydroxylation is 1. The monoisotopic (exact) mass is 401 g/mol. The van der Waals surface area contributed by atoms with Gasteiger partial charge in [0.05, 0.1) is 24.2 Å². The summed E-state index contributed by atoms with van der Waals surface area (Å²) in [7, 11) is 0. The summed E-state index contributed by atoms with van der Waals surface area (Å²) in [5, 5.41) is 16.1. The van der Waals surface area contributed by atoms with E-state index in [1.807, 2.05) is 30.3 Å². The number of thioether (sulfide) groups is 1. The van der Waals surface area contributed by atoms with Crippen LogP contribution in [0.3, 0.4) is 0 Å². The predicted molar refractivity (Wildman–Crippen MR) is 108 cm³/mol. The van der Waals surface area contributed by atoms with Crippen LogP contribution in [-0.4, -0.2) is 58.3 Å². The summed E-state index contributed by atoms with van der Waals surface area (Å²) in [6, 6.07) is 9.02. The summed E-state index contributed by atoms with van der Waals surface area (Å²) in [5.74, 6) is 1.71. The highest BCUT2D eigenvalue weighted by molar-refractivity contribution is 7.99. The number of oxime groups is 1. The van der Waals surface area contributed by atoms with E-state index in [4.69, 9.17) is 9.62 Å². The topological polar surface area (TPSA) is 95.1 Å². The van der Waals surface area contributed by atoms with Gasteiger partial charge in [-0.05, 0) is 25.1 Å². The Kier molecular flexibility index (Phi) is 5.68. The average molecular weight is 401 g/mol. The van der Waals surface area contributed by atoms with Crippen molar-refractivity contribution in [1.29, 1.82) is 0 Å². The average Bonchev–Trinajstić information content (AvgIpc) is 3.44. The number of carbonyl (C=O) groups excluding carboxylic acids is 2. The third kappa shape index (κ3) is 3.79. The molecule has 0 aliphatic carbocycles. The highest BCUT2D eigenvalue weighted by Crippen LogP contribution is 2.27. The maximum absolute atomic E-state index is 13.0. The molecule has 8 heteroatoms. The van der Waals surface area contributed by atoms with Crippen molar-refractivity contribution in [2.45, 2.75) is 31.3 Å². The van der Waals surface area contributed by atoms with E-state index in [1.54, 1.807) is 16.7 Å². The number of nitrogens with one attached hydrogen (secondary N) is 1. The first-order chi connectivity index (χ1) is 13.7. The molecule has 1 amide bonds. The molecule has 7 nitrogen and oxygen atoms in total. The Hall–Kier alpha value is -2.32. The number of amides is 1. The zero-order valence-corrected chi connectivity index (χ0v) is 16.2. The minimum atomic E-state index is -0.503. The summed E-state index contributed by atoms with van der Waals surface area (Å²) in [6.45, 7) is 0.650. The summed E-state index contributed by atoms with van der Waals surface area (Å²) in [4.78, 5) is 27.5. The largest absolute Gasteiger partial charge is 0.461 e. The molecule has 2 fully saturated rings. The van der Waals surface area contributed by atoms with Gasteiger partial charge in [0.1, 0.15) is 17.1 Å². The molecule has 2 saturated heterocycles. The van der Waals surface area contributed by atoms with Gasteiger partial charge in [0, 0.05) is 29.9 Å². The van der Waals surface area contributed by atoms with Gasteiger partial charge in [-0.2, -0.15) is 0 Å². The molecule has 0 radical (unpaired) electrons. The Labute approximate surface area is 167 Å². The molecule has 3 atom stereocenters. The van der Waals surface area contributed by atoms with Crippen molar-refractivity contribution >= 4 is 40.6 Å². The number of hydrogen-bond donors (Lipinski definition) is 2. The standard InChI is InChI=1S/C20H23N3O4S/c24-17(6-5-15-9-13-3-1-2-4-18(13)27-15)16-7-8-21-19(16)20(25)23-12-28-11-14(23)10-22-26/h1-4,9-10,14,16,19,21,26H,5-8,11-12H2/t14-,16?,19-/m1/s1. The van der Waals surface area contributed by atoms with Crippen LogP contribution in [0.5, 0.6) is 0 Å². The van der Waals surface area contributed by atoms with E-state index >= 15 is 0 Å². The van der Waals surface area contributed by atoms with Gasteiger partial charge in [0.2, 0.25) is 5.91 Å². The molecule has 3 heterocycles. The SMILES string of the molecule is O=C(CCc1cc2ccccc2o1)C1CCN[C@H]1C(=O)N1CSC[C@H]1C=NO. The summed E-state index contributed by atoms with van der Waals surface area (Å²) < 4.78 is 5.79. The molecule has 0 bridgehead atoms. The highest BCUT2D eigenvalue weighted by Gasteiger charge is 2.41. The number of para-hydroxylation sites is 1. The number of carbonyl (C=O) groups is 2. The van der Waals surface area contributed by atoms with Gasteiger partial charge in [0.25, 0.3) is 0 Å². The van der Waals surface area contributed by atoms with E-state index in [2.05, 4.69) is 10.5 Å². The smallest absolute Gasteiger partial charge is 0.241 e. The maximum Gasteiger partial charge on any atom is 0.241 e. The molecule has 28 heavy (non-hydrogen) atoms. The van der Waals surface area contributed by atoms with E-state index in [9.17, 15) is 9.59 Å². The van der Waals surface area contributed by atoms with Gasteiger partial charge in [0.15, 0.2) is 0 Å². The third-order valence-electron chi connectivity index (χ3n) is 5.44. The Morgan fingerprint density at radius 1 is 1.39 bits per heavy atom. The number of rotatable bonds is 6. The Bertz CT molecular complexity index is 863. The number of nitrogens with zero attached hydrogens (tertiary/aromatic N) is 2. The lowest BCUT2D eigenvalue weighted by Crippen LogP contribution is -2.50. The number of ketones is 1. The fraction of sp³-hybridized carbons (Fsp3) is 0.450. The number of Topliss-reactive ketones (excluding diaryl/α,β-unsaturated/α-hetero) is 1. The van der Waals surface area contributed by atoms with E-state index < -0.39 is 6.04 Å². The predicted octanol–water partition coefficient (Wildman–Crippen LogP) is 2.27. The van der Waals surface area contributed by atoms with Crippen molar-refractivity contribution in [3.05, 3.63) is 36.1 Å². The van der Waals surface area contributed by atoms with Gasteiger partial charge in [-0.25, -0.2) is 0 Å². The molecule has 2 aromatic rings. The Balaban J connectivity index is 1.39. The zero-order valence-electron chi connectivity index (χ0n) is 15.4. The molecule has 1 aromatic carbocycles. The zero-order chi connectivity index (χ0) is 19.5. The van der Waals surface area contributed by atoms with Gasteiger partial charge in [-0.3, -0.25) is 9.59 Å². The summed E-state index contributed by atoms with van der Waals surface area (Å²) in [5.41, 5.74) is 0.823. The van der Waals surface area contributed by atoms with Crippen LogP contribution in [0.4, 0.5) is 0 Å². The van der Waals surface area contributed by atoms with Crippen molar-refractivity contribution in [2.24, 2.45) is 11.1 Å². The Morgan fingerprint density at radius 2 is 2.25 bits per heavy atom.